The van der Waals surface area contributed by atoms with Crippen LogP contribution in [0.15, 0.2) is 60.7 Å². The van der Waals surface area contributed by atoms with E-state index in [4.69, 9.17) is 4.74 Å². The van der Waals surface area contributed by atoms with Gasteiger partial charge in [0.25, 0.3) is 0 Å². The van der Waals surface area contributed by atoms with Crippen LogP contribution >= 0.6 is 0 Å². The summed E-state index contributed by atoms with van der Waals surface area (Å²) in [4.78, 5) is 0. The fourth-order valence-electron chi connectivity index (χ4n) is 1.71. The van der Waals surface area contributed by atoms with Crippen LogP contribution in [0.5, 0.6) is 0 Å². The summed E-state index contributed by atoms with van der Waals surface area (Å²) in [7, 11) is 0. The summed E-state index contributed by atoms with van der Waals surface area (Å²) in [5, 5.41) is 11.6. The van der Waals surface area contributed by atoms with Crippen molar-refractivity contribution >= 4 is 6.21 Å². The van der Waals surface area contributed by atoms with Gasteiger partial charge in [-0.05, 0) is 5.56 Å². The molecule has 0 spiro atoms. The largest absolute Gasteiger partial charge is 0.624 e. The fourth-order valence-corrected chi connectivity index (χ4v) is 1.71. The highest BCUT2D eigenvalue weighted by Crippen LogP contribution is 2.01. The van der Waals surface area contributed by atoms with E-state index in [1.54, 1.807) is 0 Å². The number of hydrogen-bond acceptors (Lipinski definition) is 2. The Balaban J connectivity index is 1.73. The molecule has 0 saturated heterocycles. The Bertz CT molecular complexity index is 509. The molecule has 0 amide bonds. The quantitative estimate of drug-likeness (QED) is 0.261. The van der Waals surface area contributed by atoms with Crippen molar-refractivity contribution in [1.29, 1.82) is 0 Å². The molecule has 3 nitrogen and oxygen atoms in total. The van der Waals surface area contributed by atoms with Gasteiger partial charge in [-0.3, -0.25) is 0 Å². The van der Waals surface area contributed by atoms with Gasteiger partial charge >= 0.3 is 0 Å². The zero-order chi connectivity index (χ0) is 13.3. The molecule has 98 valence electrons. The standard InChI is InChI=1S/C16H17NO2/c18-17(13-15-7-3-1-4-8-15)11-12-19-14-16-9-5-2-6-10-16/h1-11H,12-14H2/b17-11-. The van der Waals surface area contributed by atoms with Crippen LogP contribution in [0.3, 0.4) is 0 Å². The van der Waals surface area contributed by atoms with Gasteiger partial charge in [-0.1, -0.05) is 60.7 Å². The van der Waals surface area contributed by atoms with Crippen molar-refractivity contribution in [1.82, 2.24) is 0 Å². The third kappa shape index (κ3) is 4.94. The van der Waals surface area contributed by atoms with E-state index in [-0.39, 0.29) is 0 Å². The van der Waals surface area contributed by atoms with E-state index in [0.29, 0.717) is 19.8 Å². The molecular weight excluding hydrogens is 238 g/mol. The third-order valence-corrected chi connectivity index (χ3v) is 2.69. The number of nitrogens with zero attached hydrogens (tertiary/aromatic N) is 1. The fraction of sp³-hybridized carbons (Fsp3) is 0.188. The topological polar surface area (TPSA) is 35.3 Å². The smallest absolute Gasteiger partial charge is 0.178 e. The van der Waals surface area contributed by atoms with Gasteiger partial charge in [0.15, 0.2) is 12.8 Å². The lowest BCUT2D eigenvalue weighted by Gasteiger charge is -2.05. The van der Waals surface area contributed by atoms with Crippen LogP contribution in [0.4, 0.5) is 0 Å². The molecule has 0 aliphatic heterocycles. The molecule has 2 rings (SSSR count). The second-order valence-corrected chi connectivity index (χ2v) is 4.24. The molecular formula is C16H17NO2. The summed E-state index contributed by atoms with van der Waals surface area (Å²) in [5.74, 6) is 0. The van der Waals surface area contributed by atoms with Crippen LogP contribution in [0.25, 0.3) is 0 Å². The maximum atomic E-state index is 11.6. The van der Waals surface area contributed by atoms with E-state index in [1.807, 2.05) is 60.7 Å². The second-order valence-electron chi connectivity index (χ2n) is 4.24. The van der Waals surface area contributed by atoms with Crippen LogP contribution < -0.4 is 0 Å². The highest BCUT2D eigenvalue weighted by molar-refractivity contribution is 5.52. The summed E-state index contributed by atoms with van der Waals surface area (Å²) in [6.45, 7) is 1.21. The lowest BCUT2D eigenvalue weighted by atomic mass is 10.2. The molecule has 0 aromatic heterocycles. The number of hydroxylamine groups is 1. The predicted octanol–water partition coefficient (Wildman–Crippen LogP) is 2.98. The van der Waals surface area contributed by atoms with Gasteiger partial charge in [0.05, 0.1) is 6.61 Å². The van der Waals surface area contributed by atoms with Crippen molar-refractivity contribution in [2.75, 3.05) is 6.61 Å². The summed E-state index contributed by atoms with van der Waals surface area (Å²) in [6, 6.07) is 19.6. The molecule has 0 atom stereocenters. The predicted molar refractivity (Wildman–Crippen MR) is 75.9 cm³/mol. The van der Waals surface area contributed by atoms with Crippen molar-refractivity contribution in [3.8, 4) is 0 Å². The molecule has 0 aliphatic rings. The summed E-state index contributed by atoms with van der Waals surface area (Å²) in [5.41, 5.74) is 2.10. The minimum atomic E-state index is 0.325. The lowest BCUT2D eigenvalue weighted by molar-refractivity contribution is -0.471. The van der Waals surface area contributed by atoms with Crippen LogP contribution in [0.2, 0.25) is 0 Å². The molecule has 0 unspecified atom stereocenters. The summed E-state index contributed by atoms with van der Waals surface area (Å²) >= 11 is 0. The van der Waals surface area contributed by atoms with Crippen LogP contribution in [0, 0.1) is 5.21 Å². The molecule has 3 heteroatoms. The van der Waals surface area contributed by atoms with Crippen LogP contribution in [-0.4, -0.2) is 17.6 Å². The van der Waals surface area contributed by atoms with Gasteiger partial charge in [0.1, 0.15) is 6.61 Å². The van der Waals surface area contributed by atoms with Crippen LogP contribution in [0.1, 0.15) is 11.1 Å². The highest BCUT2D eigenvalue weighted by atomic mass is 16.5. The number of ether oxygens (including phenoxy) is 1. The van der Waals surface area contributed by atoms with E-state index < -0.39 is 0 Å². The Labute approximate surface area is 113 Å². The molecule has 0 aliphatic carbocycles. The monoisotopic (exact) mass is 255 g/mol. The molecule has 0 saturated carbocycles. The minimum Gasteiger partial charge on any atom is -0.624 e. The Morgan fingerprint density at radius 2 is 1.47 bits per heavy atom. The van der Waals surface area contributed by atoms with E-state index in [9.17, 15) is 5.21 Å². The number of rotatable bonds is 6. The van der Waals surface area contributed by atoms with E-state index >= 15 is 0 Å². The van der Waals surface area contributed by atoms with Gasteiger partial charge in [0.2, 0.25) is 0 Å². The summed E-state index contributed by atoms with van der Waals surface area (Å²) in [6.07, 6.45) is 1.52. The SMILES string of the molecule is [O-]/[N+](=C\COCc1ccccc1)Cc1ccccc1. The Morgan fingerprint density at radius 1 is 0.895 bits per heavy atom. The normalized spacial score (nSPS) is 11.5. The molecule has 0 bridgehead atoms. The average Bonchev–Trinajstić information content (AvgIpc) is 2.46. The first-order valence-electron chi connectivity index (χ1n) is 6.27. The highest BCUT2D eigenvalue weighted by Gasteiger charge is 1.97. The average molecular weight is 255 g/mol. The maximum Gasteiger partial charge on any atom is 0.178 e. The Kier molecular flexibility index (Phi) is 5.14. The first-order valence-corrected chi connectivity index (χ1v) is 6.27. The van der Waals surface area contributed by atoms with E-state index in [1.165, 1.54) is 6.21 Å². The molecule has 0 N–H and O–H groups in total. The zero-order valence-corrected chi connectivity index (χ0v) is 10.7. The van der Waals surface area contributed by atoms with Gasteiger partial charge in [-0.15, -0.1) is 0 Å². The van der Waals surface area contributed by atoms with Crippen molar-refractivity contribution in [2.24, 2.45) is 0 Å². The van der Waals surface area contributed by atoms with Gasteiger partial charge < -0.3 is 9.94 Å². The molecule has 0 heterocycles. The first kappa shape index (κ1) is 13.3. The van der Waals surface area contributed by atoms with E-state index in [0.717, 1.165) is 15.9 Å². The second kappa shape index (κ2) is 7.34. The van der Waals surface area contributed by atoms with Crippen LogP contribution in [-0.2, 0) is 17.9 Å². The lowest BCUT2D eigenvalue weighted by Crippen LogP contribution is -2.09. The van der Waals surface area contributed by atoms with Crippen molar-refractivity contribution in [2.45, 2.75) is 13.2 Å². The molecule has 2 aromatic rings. The molecule has 2 aromatic carbocycles. The Morgan fingerprint density at radius 3 is 2.11 bits per heavy atom. The molecule has 19 heavy (non-hydrogen) atoms. The first-order chi connectivity index (χ1) is 9.34. The third-order valence-electron chi connectivity index (χ3n) is 2.69. The van der Waals surface area contributed by atoms with Gasteiger partial charge in [-0.2, -0.15) is 0 Å². The van der Waals surface area contributed by atoms with Crippen molar-refractivity contribution in [3.63, 3.8) is 0 Å². The Hall–Kier alpha value is -2.13. The number of hydrogen-bond donors (Lipinski definition) is 0. The van der Waals surface area contributed by atoms with Gasteiger partial charge in [0, 0.05) is 5.56 Å². The van der Waals surface area contributed by atoms with E-state index in [2.05, 4.69) is 0 Å². The van der Waals surface area contributed by atoms with Crippen molar-refractivity contribution < 1.29 is 9.48 Å². The zero-order valence-electron chi connectivity index (χ0n) is 10.7. The van der Waals surface area contributed by atoms with Gasteiger partial charge in [-0.25, -0.2) is 4.74 Å². The summed E-state index contributed by atoms with van der Waals surface area (Å²) < 4.78 is 6.33. The maximum absolute atomic E-state index is 11.6. The minimum absolute atomic E-state index is 0.325. The molecule has 0 fully saturated rings. The number of benzene rings is 2. The van der Waals surface area contributed by atoms with Crippen molar-refractivity contribution in [3.05, 3.63) is 77.0 Å². The molecule has 0 radical (unpaired) electrons.